The van der Waals surface area contributed by atoms with Gasteiger partial charge in [0, 0.05) is 23.4 Å². The van der Waals surface area contributed by atoms with Crippen molar-refractivity contribution in [2.45, 2.75) is 19.8 Å². The summed E-state index contributed by atoms with van der Waals surface area (Å²) in [5.74, 6) is 1.25. The molecule has 0 saturated carbocycles. The molecule has 0 bridgehead atoms. The summed E-state index contributed by atoms with van der Waals surface area (Å²) in [5, 5.41) is 5.70. The number of anilines is 2. The largest absolute Gasteiger partial charge is 0.497 e. The van der Waals surface area contributed by atoms with E-state index in [4.69, 9.17) is 9.47 Å². The van der Waals surface area contributed by atoms with Gasteiger partial charge in [0.05, 0.1) is 13.7 Å². The predicted molar refractivity (Wildman–Crippen MR) is 122 cm³/mol. The first-order valence-electron chi connectivity index (χ1n) is 10.1. The molecule has 3 aromatic carbocycles. The summed E-state index contributed by atoms with van der Waals surface area (Å²) in [6.45, 7) is 2.51. The molecule has 0 radical (unpaired) electrons. The zero-order valence-corrected chi connectivity index (χ0v) is 17.7. The van der Waals surface area contributed by atoms with Gasteiger partial charge in [-0.2, -0.15) is 0 Å². The number of methoxy groups -OCH3 is 1. The number of amides is 2. The molecule has 3 rings (SSSR count). The van der Waals surface area contributed by atoms with E-state index in [1.54, 1.807) is 43.5 Å². The minimum absolute atomic E-state index is 0.0811. The fraction of sp³-hybridized carbons (Fsp3) is 0.200. The standard InChI is InChI=1S/C25H26N2O4/c1-3-31-23-15-11-21(12-16-23)27-25(29)19-7-9-20(10-8-19)26-24(28)17-6-18-4-13-22(30-2)14-5-18/h4-5,7-16H,3,6,17H2,1-2H3,(H,26,28)(H,27,29). The van der Waals surface area contributed by atoms with Crippen LogP contribution in [0.25, 0.3) is 0 Å². The van der Waals surface area contributed by atoms with Crippen molar-refractivity contribution in [3.63, 3.8) is 0 Å². The normalized spacial score (nSPS) is 10.3. The molecule has 6 heteroatoms. The molecule has 0 aromatic heterocycles. The van der Waals surface area contributed by atoms with E-state index in [2.05, 4.69) is 10.6 Å². The van der Waals surface area contributed by atoms with Crippen molar-refractivity contribution in [1.29, 1.82) is 0 Å². The van der Waals surface area contributed by atoms with Gasteiger partial charge >= 0.3 is 0 Å². The van der Waals surface area contributed by atoms with E-state index >= 15 is 0 Å². The SMILES string of the molecule is CCOc1ccc(NC(=O)c2ccc(NC(=O)CCc3ccc(OC)cc3)cc2)cc1. The maximum atomic E-state index is 12.4. The molecule has 3 aromatic rings. The number of carbonyl (C=O) groups excluding carboxylic acids is 2. The van der Waals surface area contributed by atoms with Gasteiger partial charge in [0.25, 0.3) is 5.91 Å². The lowest BCUT2D eigenvalue weighted by Gasteiger charge is -2.09. The molecule has 2 amide bonds. The molecule has 0 unspecified atom stereocenters. The highest BCUT2D eigenvalue weighted by Crippen LogP contribution is 2.18. The number of aryl methyl sites for hydroxylation is 1. The van der Waals surface area contributed by atoms with Gasteiger partial charge in [0.1, 0.15) is 11.5 Å². The van der Waals surface area contributed by atoms with Crippen LogP contribution in [0, 0.1) is 0 Å². The molecule has 0 aliphatic carbocycles. The summed E-state index contributed by atoms with van der Waals surface area (Å²) in [4.78, 5) is 24.6. The Hall–Kier alpha value is -3.80. The van der Waals surface area contributed by atoms with Crippen molar-refractivity contribution in [3.05, 3.63) is 83.9 Å². The van der Waals surface area contributed by atoms with Crippen LogP contribution in [0.15, 0.2) is 72.8 Å². The Kier molecular flexibility index (Phi) is 7.65. The first-order valence-corrected chi connectivity index (χ1v) is 10.1. The average molecular weight is 418 g/mol. The maximum Gasteiger partial charge on any atom is 0.255 e. The van der Waals surface area contributed by atoms with Crippen LogP contribution in [0.3, 0.4) is 0 Å². The van der Waals surface area contributed by atoms with Crippen LogP contribution in [0.5, 0.6) is 11.5 Å². The van der Waals surface area contributed by atoms with Gasteiger partial charge < -0.3 is 20.1 Å². The minimum Gasteiger partial charge on any atom is -0.497 e. The topological polar surface area (TPSA) is 76.7 Å². The van der Waals surface area contributed by atoms with Crippen LogP contribution in [0.2, 0.25) is 0 Å². The highest BCUT2D eigenvalue weighted by molar-refractivity contribution is 6.04. The molecule has 0 saturated heterocycles. The number of carbonyl (C=O) groups is 2. The molecule has 0 spiro atoms. The van der Waals surface area contributed by atoms with E-state index < -0.39 is 0 Å². The van der Waals surface area contributed by atoms with Gasteiger partial charge in [-0.25, -0.2) is 0 Å². The highest BCUT2D eigenvalue weighted by atomic mass is 16.5. The Morgan fingerprint density at radius 1 is 0.774 bits per heavy atom. The molecule has 160 valence electrons. The first-order chi connectivity index (χ1) is 15.1. The Morgan fingerprint density at radius 3 is 1.97 bits per heavy atom. The van der Waals surface area contributed by atoms with Crippen molar-refractivity contribution in [2.24, 2.45) is 0 Å². The van der Waals surface area contributed by atoms with Crippen LogP contribution < -0.4 is 20.1 Å². The zero-order valence-electron chi connectivity index (χ0n) is 17.7. The van der Waals surface area contributed by atoms with Crippen LogP contribution in [0.1, 0.15) is 29.3 Å². The number of hydrogen-bond donors (Lipinski definition) is 2. The van der Waals surface area contributed by atoms with Gasteiger partial charge in [-0.1, -0.05) is 12.1 Å². The molecule has 0 aliphatic rings. The fourth-order valence-electron chi connectivity index (χ4n) is 2.98. The average Bonchev–Trinajstić information content (AvgIpc) is 2.80. The molecular weight excluding hydrogens is 392 g/mol. The minimum atomic E-state index is -0.221. The highest BCUT2D eigenvalue weighted by Gasteiger charge is 2.08. The number of benzene rings is 3. The summed E-state index contributed by atoms with van der Waals surface area (Å²) >= 11 is 0. The van der Waals surface area contributed by atoms with E-state index in [1.807, 2.05) is 43.3 Å². The summed E-state index contributed by atoms with van der Waals surface area (Å²) in [5.41, 5.74) is 2.91. The molecule has 0 heterocycles. The van der Waals surface area contributed by atoms with Crippen LogP contribution in [-0.2, 0) is 11.2 Å². The molecular formula is C25H26N2O4. The van der Waals surface area contributed by atoms with Gasteiger partial charge in [-0.15, -0.1) is 0 Å². The third-order valence-corrected chi connectivity index (χ3v) is 4.65. The first kappa shape index (κ1) is 21.9. The van der Waals surface area contributed by atoms with Gasteiger partial charge in [-0.05, 0) is 79.6 Å². The summed E-state index contributed by atoms with van der Waals surface area (Å²) in [6.07, 6.45) is 1.00. The third-order valence-electron chi connectivity index (χ3n) is 4.65. The van der Waals surface area contributed by atoms with Crippen molar-refractivity contribution in [3.8, 4) is 11.5 Å². The Labute approximate surface area is 182 Å². The Morgan fingerprint density at radius 2 is 1.35 bits per heavy atom. The van der Waals surface area contributed by atoms with Crippen molar-refractivity contribution in [1.82, 2.24) is 0 Å². The monoisotopic (exact) mass is 418 g/mol. The molecule has 31 heavy (non-hydrogen) atoms. The van der Waals surface area contributed by atoms with E-state index in [-0.39, 0.29) is 11.8 Å². The second-order valence-electron chi connectivity index (χ2n) is 6.89. The predicted octanol–water partition coefficient (Wildman–Crippen LogP) is 4.92. The van der Waals surface area contributed by atoms with Crippen molar-refractivity contribution >= 4 is 23.2 Å². The van der Waals surface area contributed by atoms with E-state index in [9.17, 15) is 9.59 Å². The van der Waals surface area contributed by atoms with Crippen LogP contribution >= 0.6 is 0 Å². The van der Waals surface area contributed by atoms with Crippen LogP contribution in [-0.4, -0.2) is 25.5 Å². The number of ether oxygens (including phenoxy) is 2. The van der Waals surface area contributed by atoms with Crippen molar-refractivity contribution < 1.29 is 19.1 Å². The van der Waals surface area contributed by atoms with Crippen LogP contribution in [0.4, 0.5) is 11.4 Å². The second kappa shape index (κ2) is 10.8. The quantitative estimate of drug-likeness (QED) is 0.517. The lowest BCUT2D eigenvalue weighted by molar-refractivity contribution is -0.116. The Balaban J connectivity index is 1.49. The molecule has 0 fully saturated rings. The number of rotatable bonds is 9. The smallest absolute Gasteiger partial charge is 0.255 e. The van der Waals surface area contributed by atoms with E-state index in [0.717, 1.165) is 17.1 Å². The van der Waals surface area contributed by atoms with Gasteiger partial charge in [0.2, 0.25) is 5.91 Å². The molecule has 0 aliphatic heterocycles. The lowest BCUT2D eigenvalue weighted by atomic mass is 10.1. The number of hydrogen-bond acceptors (Lipinski definition) is 4. The summed E-state index contributed by atoms with van der Waals surface area (Å²) < 4.78 is 10.5. The third kappa shape index (κ3) is 6.60. The fourth-order valence-corrected chi connectivity index (χ4v) is 2.98. The van der Waals surface area contributed by atoms with Gasteiger partial charge in [-0.3, -0.25) is 9.59 Å². The summed E-state index contributed by atoms with van der Waals surface area (Å²) in [6, 6.07) is 21.7. The summed E-state index contributed by atoms with van der Waals surface area (Å²) in [7, 11) is 1.62. The molecule has 0 atom stereocenters. The zero-order chi connectivity index (χ0) is 22.1. The maximum absolute atomic E-state index is 12.4. The Bertz CT molecular complexity index is 997. The molecule has 6 nitrogen and oxygen atoms in total. The number of nitrogens with one attached hydrogen (secondary N) is 2. The lowest BCUT2D eigenvalue weighted by Crippen LogP contribution is -2.14. The second-order valence-corrected chi connectivity index (χ2v) is 6.89. The van der Waals surface area contributed by atoms with E-state index in [0.29, 0.717) is 36.4 Å². The van der Waals surface area contributed by atoms with Crippen molar-refractivity contribution in [2.75, 3.05) is 24.4 Å². The van der Waals surface area contributed by atoms with E-state index in [1.165, 1.54) is 0 Å². The molecule has 2 N–H and O–H groups in total. The van der Waals surface area contributed by atoms with Gasteiger partial charge in [0.15, 0.2) is 0 Å².